The van der Waals surface area contributed by atoms with Crippen LogP contribution >= 0.6 is 0 Å². The van der Waals surface area contributed by atoms with E-state index in [0.29, 0.717) is 37.5 Å². The smallest absolute Gasteiger partial charge is 0.251 e. The Morgan fingerprint density at radius 3 is 2.32 bits per heavy atom. The summed E-state index contributed by atoms with van der Waals surface area (Å²) in [4.78, 5) is 12.7. The number of ether oxygens (including phenoxy) is 1. The highest BCUT2D eigenvalue weighted by atomic mass is 32.2. The Kier molecular flexibility index (Phi) is 7.33. The largest absolute Gasteiger partial charge is 0.492 e. The summed E-state index contributed by atoms with van der Waals surface area (Å²) in [6.07, 6.45) is 1.81. The zero-order chi connectivity index (χ0) is 24.1. The van der Waals surface area contributed by atoms with E-state index in [9.17, 15) is 13.2 Å². The first-order valence-electron chi connectivity index (χ1n) is 11.4. The minimum absolute atomic E-state index is 0.173. The molecule has 1 aromatic heterocycles. The van der Waals surface area contributed by atoms with Crippen molar-refractivity contribution in [2.75, 3.05) is 26.2 Å². The fourth-order valence-electron chi connectivity index (χ4n) is 3.99. The van der Waals surface area contributed by atoms with Gasteiger partial charge in [-0.2, -0.15) is 9.40 Å². The highest BCUT2D eigenvalue weighted by molar-refractivity contribution is 7.89. The van der Waals surface area contributed by atoms with E-state index in [1.54, 1.807) is 36.4 Å². The number of carbonyl (C=O) groups is 1. The van der Waals surface area contributed by atoms with Crippen molar-refractivity contribution in [2.24, 2.45) is 0 Å². The standard InChI is InChI=1S/C25H30N4O4S/c1-19-17-20(2)29(27-19)18-21-5-7-22(8-6-21)25(30)26-13-16-33-23-9-11-24(12-10-23)34(31,32)28-14-3-4-15-28/h5-12,17H,3-4,13-16,18H2,1-2H3,(H,26,30). The number of hydrogen-bond acceptors (Lipinski definition) is 5. The van der Waals surface area contributed by atoms with Crippen molar-refractivity contribution in [1.82, 2.24) is 19.4 Å². The van der Waals surface area contributed by atoms with Crippen molar-refractivity contribution in [3.63, 3.8) is 0 Å². The van der Waals surface area contributed by atoms with E-state index in [1.807, 2.05) is 36.7 Å². The molecule has 0 unspecified atom stereocenters. The number of rotatable bonds is 9. The number of benzene rings is 2. The Balaban J connectivity index is 1.23. The molecule has 180 valence electrons. The molecule has 8 nitrogen and oxygen atoms in total. The Labute approximate surface area is 200 Å². The summed E-state index contributed by atoms with van der Waals surface area (Å²) < 4.78 is 34.3. The van der Waals surface area contributed by atoms with Crippen molar-refractivity contribution in [1.29, 1.82) is 0 Å². The van der Waals surface area contributed by atoms with Gasteiger partial charge in [0.25, 0.3) is 5.91 Å². The van der Waals surface area contributed by atoms with Gasteiger partial charge in [0.2, 0.25) is 10.0 Å². The molecule has 1 N–H and O–H groups in total. The van der Waals surface area contributed by atoms with Gasteiger partial charge in [0, 0.05) is 24.3 Å². The SMILES string of the molecule is Cc1cc(C)n(Cc2ccc(C(=O)NCCOc3ccc(S(=O)(=O)N4CCCC4)cc3)cc2)n1. The lowest BCUT2D eigenvalue weighted by molar-refractivity contribution is 0.0947. The van der Waals surface area contributed by atoms with Crippen molar-refractivity contribution < 1.29 is 17.9 Å². The maximum Gasteiger partial charge on any atom is 0.251 e. The minimum atomic E-state index is -3.43. The molecule has 0 saturated carbocycles. The second-order valence-electron chi connectivity index (χ2n) is 8.47. The molecule has 1 saturated heterocycles. The van der Waals surface area contributed by atoms with Crippen LogP contribution in [0.1, 0.15) is 40.2 Å². The lowest BCUT2D eigenvalue weighted by atomic mass is 10.1. The Bertz CT molecular complexity index is 1230. The molecule has 1 amide bonds. The first kappa shape index (κ1) is 24.0. The molecular weight excluding hydrogens is 452 g/mol. The summed E-state index contributed by atoms with van der Waals surface area (Å²) in [6, 6.07) is 15.9. The van der Waals surface area contributed by atoms with E-state index >= 15 is 0 Å². The van der Waals surface area contributed by atoms with Crippen LogP contribution in [0.25, 0.3) is 0 Å². The molecule has 0 atom stereocenters. The normalized spacial score (nSPS) is 14.3. The van der Waals surface area contributed by atoms with Gasteiger partial charge in [0.15, 0.2) is 0 Å². The van der Waals surface area contributed by atoms with Gasteiger partial charge in [-0.05, 0) is 74.7 Å². The molecule has 0 bridgehead atoms. The van der Waals surface area contributed by atoms with Gasteiger partial charge in [0.1, 0.15) is 12.4 Å². The van der Waals surface area contributed by atoms with Gasteiger partial charge in [0.05, 0.1) is 23.7 Å². The number of aryl methyl sites for hydroxylation is 2. The van der Waals surface area contributed by atoms with E-state index in [4.69, 9.17) is 4.74 Å². The average Bonchev–Trinajstić information content (AvgIpc) is 3.48. The molecule has 34 heavy (non-hydrogen) atoms. The third-order valence-electron chi connectivity index (χ3n) is 5.83. The lowest BCUT2D eigenvalue weighted by Crippen LogP contribution is -2.28. The van der Waals surface area contributed by atoms with Gasteiger partial charge in [-0.3, -0.25) is 9.48 Å². The lowest BCUT2D eigenvalue weighted by Gasteiger charge is -2.15. The van der Waals surface area contributed by atoms with E-state index in [-0.39, 0.29) is 17.4 Å². The van der Waals surface area contributed by atoms with E-state index in [2.05, 4.69) is 10.4 Å². The molecule has 1 fully saturated rings. The average molecular weight is 483 g/mol. The molecule has 1 aliphatic heterocycles. The molecular formula is C25H30N4O4S. The second-order valence-corrected chi connectivity index (χ2v) is 10.4. The topological polar surface area (TPSA) is 93.5 Å². The number of nitrogens with zero attached hydrogens (tertiary/aromatic N) is 3. The van der Waals surface area contributed by atoms with Crippen LogP contribution in [0.2, 0.25) is 0 Å². The summed E-state index contributed by atoms with van der Waals surface area (Å²) in [5, 5.41) is 7.30. The predicted molar refractivity (Wildman–Crippen MR) is 130 cm³/mol. The van der Waals surface area contributed by atoms with Crippen molar-refractivity contribution in [2.45, 2.75) is 38.1 Å². The van der Waals surface area contributed by atoms with Gasteiger partial charge >= 0.3 is 0 Å². The van der Waals surface area contributed by atoms with Crippen LogP contribution in [-0.4, -0.2) is 54.7 Å². The monoisotopic (exact) mass is 482 g/mol. The summed E-state index contributed by atoms with van der Waals surface area (Å²) >= 11 is 0. The molecule has 2 heterocycles. The predicted octanol–water partition coefficient (Wildman–Crippen LogP) is 3.14. The van der Waals surface area contributed by atoms with Crippen LogP contribution in [0.3, 0.4) is 0 Å². The van der Waals surface area contributed by atoms with Crippen molar-refractivity contribution >= 4 is 15.9 Å². The summed E-state index contributed by atoms with van der Waals surface area (Å²) in [5.74, 6) is 0.386. The number of nitrogens with one attached hydrogen (secondary N) is 1. The van der Waals surface area contributed by atoms with Gasteiger partial charge in [-0.25, -0.2) is 8.42 Å². The summed E-state index contributed by atoms with van der Waals surface area (Å²) in [7, 11) is -3.43. The van der Waals surface area contributed by atoms with Crippen LogP contribution in [0.15, 0.2) is 59.5 Å². The first-order chi connectivity index (χ1) is 16.3. The Morgan fingerprint density at radius 1 is 1.03 bits per heavy atom. The zero-order valence-corrected chi connectivity index (χ0v) is 20.3. The number of amides is 1. The number of hydrogen-bond donors (Lipinski definition) is 1. The second kappa shape index (κ2) is 10.4. The van der Waals surface area contributed by atoms with E-state index in [0.717, 1.165) is 29.8 Å². The molecule has 4 rings (SSSR count). The van der Waals surface area contributed by atoms with Gasteiger partial charge in [-0.1, -0.05) is 12.1 Å². The zero-order valence-electron chi connectivity index (χ0n) is 19.5. The maximum absolute atomic E-state index is 12.6. The molecule has 2 aromatic carbocycles. The van der Waals surface area contributed by atoms with Crippen LogP contribution < -0.4 is 10.1 Å². The molecule has 0 radical (unpaired) electrons. The van der Waals surface area contributed by atoms with Crippen LogP contribution in [0, 0.1) is 13.8 Å². The molecule has 0 spiro atoms. The molecule has 3 aromatic rings. The van der Waals surface area contributed by atoms with Gasteiger partial charge < -0.3 is 10.1 Å². The highest BCUT2D eigenvalue weighted by Gasteiger charge is 2.26. The molecule has 0 aliphatic carbocycles. The van der Waals surface area contributed by atoms with E-state index in [1.165, 1.54) is 4.31 Å². The third kappa shape index (κ3) is 5.66. The van der Waals surface area contributed by atoms with Crippen LogP contribution in [0.5, 0.6) is 5.75 Å². The summed E-state index contributed by atoms with van der Waals surface area (Å²) in [5.41, 5.74) is 3.73. The van der Waals surface area contributed by atoms with Crippen molar-refractivity contribution in [3.05, 3.63) is 77.1 Å². The maximum atomic E-state index is 12.6. The molecule has 1 aliphatic rings. The van der Waals surface area contributed by atoms with Crippen molar-refractivity contribution in [3.8, 4) is 5.75 Å². The Morgan fingerprint density at radius 2 is 1.71 bits per heavy atom. The van der Waals surface area contributed by atoms with Gasteiger partial charge in [-0.15, -0.1) is 0 Å². The minimum Gasteiger partial charge on any atom is -0.492 e. The number of carbonyl (C=O) groups excluding carboxylic acids is 1. The first-order valence-corrected chi connectivity index (χ1v) is 12.9. The summed E-state index contributed by atoms with van der Waals surface area (Å²) in [6.45, 7) is 6.41. The fraction of sp³-hybridized carbons (Fsp3) is 0.360. The number of sulfonamides is 1. The van der Waals surface area contributed by atoms with E-state index < -0.39 is 10.0 Å². The highest BCUT2D eigenvalue weighted by Crippen LogP contribution is 2.22. The Hall–Kier alpha value is -3.17. The fourth-order valence-corrected chi connectivity index (χ4v) is 5.51. The van der Waals surface area contributed by atoms with Crippen LogP contribution in [-0.2, 0) is 16.6 Å². The number of aromatic nitrogens is 2. The molecule has 9 heteroatoms. The quantitative estimate of drug-likeness (QED) is 0.473. The third-order valence-corrected chi connectivity index (χ3v) is 7.75. The van der Waals surface area contributed by atoms with Crippen LogP contribution in [0.4, 0.5) is 0 Å².